The molecule has 1 unspecified atom stereocenters. The molecule has 1 heterocycles. The van der Waals surface area contributed by atoms with Gasteiger partial charge in [-0.3, -0.25) is 4.99 Å². The largest absolute Gasteiger partial charge is 0.497 e. The third kappa shape index (κ3) is 7.22. The Bertz CT molecular complexity index is 528. The van der Waals surface area contributed by atoms with Crippen molar-refractivity contribution in [3.05, 3.63) is 29.8 Å². The molecule has 1 aliphatic rings. The maximum absolute atomic E-state index is 5.74. The van der Waals surface area contributed by atoms with Gasteiger partial charge in [0.2, 0.25) is 0 Å². The minimum Gasteiger partial charge on any atom is -0.497 e. The monoisotopic (exact) mass is 363 g/mol. The smallest absolute Gasteiger partial charge is 0.193 e. The van der Waals surface area contributed by atoms with Crippen LogP contribution in [0.3, 0.4) is 0 Å². The predicted octanol–water partition coefficient (Wildman–Crippen LogP) is 2.54. The molecule has 1 saturated heterocycles. The van der Waals surface area contributed by atoms with Gasteiger partial charge in [0, 0.05) is 45.8 Å². The van der Waals surface area contributed by atoms with E-state index in [0.717, 1.165) is 63.0 Å². The van der Waals surface area contributed by atoms with Crippen molar-refractivity contribution in [3.8, 4) is 5.75 Å². The topological polar surface area (TPSA) is 55.3 Å². The van der Waals surface area contributed by atoms with Gasteiger partial charge < -0.3 is 24.4 Å². The highest BCUT2D eigenvalue weighted by Gasteiger charge is 2.18. The number of guanidine groups is 1. The SMILES string of the molecule is CCNC(=NCCCOCc1ccc(OC)cc1)N(C)CC1CCOC1. The molecule has 6 heteroatoms. The van der Waals surface area contributed by atoms with Crippen molar-refractivity contribution in [3.63, 3.8) is 0 Å². The molecule has 0 saturated carbocycles. The maximum Gasteiger partial charge on any atom is 0.193 e. The van der Waals surface area contributed by atoms with Crippen molar-refractivity contribution < 1.29 is 14.2 Å². The van der Waals surface area contributed by atoms with E-state index in [-0.39, 0.29) is 0 Å². The minimum absolute atomic E-state index is 0.608. The van der Waals surface area contributed by atoms with E-state index in [2.05, 4.69) is 24.2 Å². The number of nitrogens with zero attached hydrogens (tertiary/aromatic N) is 2. The van der Waals surface area contributed by atoms with E-state index in [1.165, 1.54) is 0 Å². The van der Waals surface area contributed by atoms with Crippen LogP contribution in [-0.2, 0) is 16.1 Å². The number of rotatable bonds is 10. The molecule has 6 nitrogen and oxygen atoms in total. The van der Waals surface area contributed by atoms with Gasteiger partial charge in [0.05, 0.1) is 20.3 Å². The van der Waals surface area contributed by atoms with E-state index in [1.807, 2.05) is 24.3 Å². The second-order valence-electron chi connectivity index (χ2n) is 6.60. The van der Waals surface area contributed by atoms with E-state index < -0.39 is 0 Å². The molecule has 1 aromatic rings. The second kappa shape index (κ2) is 11.8. The third-order valence-corrected chi connectivity index (χ3v) is 4.39. The fourth-order valence-corrected chi connectivity index (χ4v) is 2.93. The Morgan fingerprint density at radius 2 is 2.15 bits per heavy atom. The molecule has 0 radical (unpaired) electrons. The number of nitrogens with one attached hydrogen (secondary N) is 1. The molecule has 1 aromatic carbocycles. The van der Waals surface area contributed by atoms with Crippen LogP contribution in [0.5, 0.6) is 5.75 Å². The summed E-state index contributed by atoms with van der Waals surface area (Å²) < 4.78 is 16.4. The van der Waals surface area contributed by atoms with Gasteiger partial charge in [-0.15, -0.1) is 0 Å². The van der Waals surface area contributed by atoms with Crippen molar-refractivity contribution in [1.82, 2.24) is 10.2 Å². The van der Waals surface area contributed by atoms with Crippen LogP contribution < -0.4 is 10.1 Å². The molecule has 26 heavy (non-hydrogen) atoms. The molecule has 1 aliphatic heterocycles. The van der Waals surface area contributed by atoms with E-state index in [4.69, 9.17) is 19.2 Å². The Morgan fingerprint density at radius 3 is 2.81 bits per heavy atom. The lowest BCUT2D eigenvalue weighted by molar-refractivity contribution is 0.120. The lowest BCUT2D eigenvalue weighted by Crippen LogP contribution is -2.41. The Labute approximate surface area is 157 Å². The van der Waals surface area contributed by atoms with Crippen LogP contribution in [0.25, 0.3) is 0 Å². The molecule has 1 N–H and O–H groups in total. The zero-order chi connectivity index (χ0) is 18.6. The van der Waals surface area contributed by atoms with Crippen LogP contribution in [0.15, 0.2) is 29.3 Å². The van der Waals surface area contributed by atoms with Crippen molar-refractivity contribution in [1.29, 1.82) is 0 Å². The van der Waals surface area contributed by atoms with Gasteiger partial charge in [-0.05, 0) is 37.5 Å². The lowest BCUT2D eigenvalue weighted by atomic mass is 10.1. The average molecular weight is 364 g/mol. The Morgan fingerprint density at radius 1 is 1.35 bits per heavy atom. The number of ether oxygens (including phenoxy) is 3. The number of hydrogen-bond donors (Lipinski definition) is 1. The molecule has 146 valence electrons. The first-order valence-electron chi connectivity index (χ1n) is 9.50. The van der Waals surface area contributed by atoms with Gasteiger partial charge in [-0.2, -0.15) is 0 Å². The molecule has 1 fully saturated rings. The van der Waals surface area contributed by atoms with Crippen molar-refractivity contribution in [2.45, 2.75) is 26.4 Å². The standard InChI is InChI=1S/C20H33N3O3/c1-4-21-20(23(2)14-18-10-13-26-16-18)22-11-5-12-25-15-17-6-8-19(24-3)9-7-17/h6-9,18H,4-5,10-16H2,1-3H3,(H,21,22). The molecular formula is C20H33N3O3. The highest BCUT2D eigenvalue weighted by molar-refractivity contribution is 5.79. The fourth-order valence-electron chi connectivity index (χ4n) is 2.93. The molecule has 1 atom stereocenters. The second-order valence-corrected chi connectivity index (χ2v) is 6.60. The molecule has 0 bridgehead atoms. The number of methoxy groups -OCH3 is 1. The molecule has 2 rings (SSSR count). The van der Waals surface area contributed by atoms with Crippen LogP contribution in [0.4, 0.5) is 0 Å². The lowest BCUT2D eigenvalue weighted by Gasteiger charge is -2.24. The van der Waals surface area contributed by atoms with Crippen LogP contribution in [0, 0.1) is 5.92 Å². The fraction of sp³-hybridized carbons (Fsp3) is 0.650. The molecule has 0 amide bonds. The summed E-state index contributed by atoms with van der Waals surface area (Å²) in [7, 11) is 3.77. The van der Waals surface area contributed by atoms with E-state index >= 15 is 0 Å². The van der Waals surface area contributed by atoms with Gasteiger partial charge in [0.15, 0.2) is 5.96 Å². The highest BCUT2D eigenvalue weighted by atomic mass is 16.5. The average Bonchev–Trinajstić information content (AvgIpc) is 3.17. The van der Waals surface area contributed by atoms with Crippen molar-refractivity contribution in [2.75, 3.05) is 53.6 Å². The summed E-state index contributed by atoms with van der Waals surface area (Å²) in [6, 6.07) is 7.97. The summed E-state index contributed by atoms with van der Waals surface area (Å²) in [5.41, 5.74) is 1.15. The summed E-state index contributed by atoms with van der Waals surface area (Å²) >= 11 is 0. The van der Waals surface area contributed by atoms with Gasteiger partial charge in [0.1, 0.15) is 5.75 Å². The summed E-state index contributed by atoms with van der Waals surface area (Å²) in [5.74, 6) is 2.44. The molecule has 0 aliphatic carbocycles. The minimum atomic E-state index is 0.608. The Hall–Kier alpha value is -1.79. The number of benzene rings is 1. The number of aliphatic imine (C=N–C) groups is 1. The van der Waals surface area contributed by atoms with E-state index in [0.29, 0.717) is 19.1 Å². The van der Waals surface area contributed by atoms with Crippen LogP contribution in [0.2, 0.25) is 0 Å². The van der Waals surface area contributed by atoms with Gasteiger partial charge in [-0.1, -0.05) is 12.1 Å². The first kappa shape index (κ1) is 20.5. The summed E-state index contributed by atoms with van der Waals surface area (Å²) in [5, 5.41) is 3.37. The first-order chi connectivity index (χ1) is 12.7. The zero-order valence-corrected chi connectivity index (χ0v) is 16.4. The van der Waals surface area contributed by atoms with Gasteiger partial charge in [0.25, 0.3) is 0 Å². The number of hydrogen-bond acceptors (Lipinski definition) is 4. The van der Waals surface area contributed by atoms with Crippen LogP contribution in [-0.4, -0.2) is 64.5 Å². The van der Waals surface area contributed by atoms with Crippen LogP contribution in [0.1, 0.15) is 25.3 Å². The summed E-state index contributed by atoms with van der Waals surface area (Å²) in [6.45, 7) is 7.79. The van der Waals surface area contributed by atoms with E-state index in [1.54, 1.807) is 7.11 Å². The maximum atomic E-state index is 5.74. The first-order valence-corrected chi connectivity index (χ1v) is 9.50. The van der Waals surface area contributed by atoms with Crippen LogP contribution >= 0.6 is 0 Å². The van der Waals surface area contributed by atoms with Crippen molar-refractivity contribution >= 4 is 5.96 Å². The quantitative estimate of drug-likeness (QED) is 0.393. The molecular weight excluding hydrogens is 330 g/mol. The molecule has 0 spiro atoms. The Balaban J connectivity index is 1.66. The third-order valence-electron chi connectivity index (χ3n) is 4.39. The summed E-state index contributed by atoms with van der Waals surface area (Å²) in [6.07, 6.45) is 2.05. The zero-order valence-electron chi connectivity index (χ0n) is 16.4. The molecule has 0 aromatic heterocycles. The predicted molar refractivity (Wildman–Crippen MR) is 105 cm³/mol. The highest BCUT2D eigenvalue weighted by Crippen LogP contribution is 2.13. The summed E-state index contributed by atoms with van der Waals surface area (Å²) in [4.78, 5) is 6.93. The van der Waals surface area contributed by atoms with Crippen molar-refractivity contribution in [2.24, 2.45) is 10.9 Å². The Kier molecular flexibility index (Phi) is 9.28. The van der Waals surface area contributed by atoms with Gasteiger partial charge >= 0.3 is 0 Å². The van der Waals surface area contributed by atoms with E-state index in [9.17, 15) is 0 Å². The normalized spacial score (nSPS) is 17.3. The van der Waals surface area contributed by atoms with Gasteiger partial charge in [-0.25, -0.2) is 0 Å².